The van der Waals surface area contributed by atoms with E-state index in [0.29, 0.717) is 19.4 Å². The molecular weight excluding hydrogens is 899 g/mol. The summed E-state index contributed by atoms with van der Waals surface area (Å²) in [4.78, 5) is 24.6. The molecule has 1 amide bonds. The first kappa shape index (κ1) is 71.3. The minimum absolute atomic E-state index is 0.0100. The van der Waals surface area contributed by atoms with E-state index in [-0.39, 0.29) is 18.5 Å². The molecule has 3 N–H and O–H groups in total. The molecule has 0 saturated carbocycles. The molecule has 0 fully saturated rings. The van der Waals surface area contributed by atoms with Gasteiger partial charge in [0.05, 0.1) is 25.4 Å². The summed E-state index contributed by atoms with van der Waals surface area (Å²) in [6, 6.07) is -0.641. The highest BCUT2D eigenvalue weighted by Gasteiger charge is 2.18. The maximum absolute atomic E-state index is 12.5. The number of ether oxygens (including phenoxy) is 1. The van der Waals surface area contributed by atoms with Crippen molar-refractivity contribution in [2.24, 2.45) is 0 Å². The fourth-order valence-corrected chi connectivity index (χ4v) is 10.4. The van der Waals surface area contributed by atoms with Crippen molar-refractivity contribution in [1.82, 2.24) is 5.32 Å². The van der Waals surface area contributed by atoms with Crippen molar-refractivity contribution in [2.75, 3.05) is 13.2 Å². The fourth-order valence-electron chi connectivity index (χ4n) is 10.4. The van der Waals surface area contributed by atoms with Crippen LogP contribution in [-0.4, -0.2) is 47.4 Å². The topological polar surface area (TPSA) is 95.9 Å². The van der Waals surface area contributed by atoms with Crippen molar-refractivity contribution in [1.29, 1.82) is 0 Å². The van der Waals surface area contributed by atoms with Crippen LogP contribution >= 0.6 is 0 Å². The Morgan fingerprint density at radius 1 is 0.370 bits per heavy atom. The Morgan fingerprint density at radius 2 is 0.644 bits per heavy atom. The molecule has 0 aliphatic heterocycles. The lowest BCUT2D eigenvalue weighted by Gasteiger charge is -2.20. The Morgan fingerprint density at radius 3 is 0.973 bits per heavy atom. The Balaban J connectivity index is 3.46. The van der Waals surface area contributed by atoms with Gasteiger partial charge in [0.1, 0.15) is 0 Å². The van der Waals surface area contributed by atoms with Gasteiger partial charge in [0.15, 0.2) is 0 Å². The lowest BCUT2D eigenvalue weighted by atomic mass is 10.0. The molecule has 2 atom stereocenters. The largest absolute Gasteiger partial charge is 0.466 e. The van der Waals surface area contributed by atoms with Crippen molar-refractivity contribution in [3.8, 4) is 0 Å². The van der Waals surface area contributed by atoms with Gasteiger partial charge < -0.3 is 20.3 Å². The number of amides is 1. The number of aliphatic hydroxyl groups excluding tert-OH is 2. The van der Waals surface area contributed by atoms with E-state index in [4.69, 9.17) is 4.74 Å². The van der Waals surface area contributed by atoms with Gasteiger partial charge in [0.2, 0.25) is 5.91 Å². The van der Waals surface area contributed by atoms with E-state index in [0.717, 1.165) is 57.8 Å². The average molecular weight is 1030 g/mol. The summed E-state index contributed by atoms with van der Waals surface area (Å²) in [6.07, 6.45) is 78.0. The molecule has 0 aromatic rings. The van der Waals surface area contributed by atoms with E-state index in [2.05, 4.69) is 31.3 Å². The summed E-state index contributed by atoms with van der Waals surface area (Å²) in [6.45, 7) is 4.90. The van der Waals surface area contributed by atoms with E-state index < -0.39 is 12.1 Å². The lowest BCUT2D eigenvalue weighted by molar-refractivity contribution is -0.143. The molecule has 6 nitrogen and oxygen atoms in total. The number of esters is 1. The zero-order valence-corrected chi connectivity index (χ0v) is 49.4. The summed E-state index contributed by atoms with van der Waals surface area (Å²) >= 11 is 0. The number of unbranched alkanes of at least 4 members (excludes halogenated alkanes) is 49. The third-order valence-corrected chi connectivity index (χ3v) is 15.5. The van der Waals surface area contributed by atoms with Crippen LogP contribution < -0.4 is 5.32 Å². The summed E-state index contributed by atoms with van der Waals surface area (Å²) in [5.41, 5.74) is 0. The first-order chi connectivity index (χ1) is 36.0. The minimum Gasteiger partial charge on any atom is -0.466 e. The Kier molecular flexibility index (Phi) is 61.4. The third-order valence-electron chi connectivity index (χ3n) is 15.5. The van der Waals surface area contributed by atoms with Gasteiger partial charge in [0.25, 0.3) is 0 Å². The number of rotatable bonds is 62. The fraction of sp³-hybridized carbons (Fsp3) is 0.910. The second-order valence-electron chi connectivity index (χ2n) is 22.8. The third kappa shape index (κ3) is 59.4. The number of nitrogens with one attached hydrogen (secondary N) is 1. The van der Waals surface area contributed by atoms with Gasteiger partial charge in [-0.15, -0.1) is 0 Å². The van der Waals surface area contributed by atoms with Crippen LogP contribution in [0.4, 0.5) is 0 Å². The smallest absolute Gasteiger partial charge is 0.305 e. The van der Waals surface area contributed by atoms with Crippen molar-refractivity contribution in [2.45, 2.75) is 379 Å². The second-order valence-corrected chi connectivity index (χ2v) is 22.8. The van der Waals surface area contributed by atoms with E-state index >= 15 is 0 Å². The van der Waals surface area contributed by atoms with Gasteiger partial charge >= 0.3 is 5.97 Å². The number of allylic oxidation sites excluding steroid dienone is 3. The molecule has 0 saturated heterocycles. The summed E-state index contributed by atoms with van der Waals surface area (Å²) in [5.74, 6) is -0.0894. The van der Waals surface area contributed by atoms with Gasteiger partial charge in [-0.1, -0.05) is 321 Å². The van der Waals surface area contributed by atoms with Crippen LogP contribution in [-0.2, 0) is 14.3 Å². The van der Waals surface area contributed by atoms with Crippen molar-refractivity contribution >= 4 is 11.9 Å². The maximum atomic E-state index is 12.5. The highest BCUT2D eigenvalue weighted by molar-refractivity contribution is 5.76. The van der Waals surface area contributed by atoms with Crippen LogP contribution in [0, 0.1) is 0 Å². The average Bonchev–Trinajstić information content (AvgIpc) is 3.39. The molecule has 0 heterocycles. The molecule has 0 rings (SSSR count). The first-order valence-corrected chi connectivity index (χ1v) is 33.1. The number of hydrogen-bond acceptors (Lipinski definition) is 5. The molecule has 432 valence electrons. The molecular formula is C67H129NO5. The van der Waals surface area contributed by atoms with E-state index in [1.165, 1.54) is 283 Å². The number of aliphatic hydroxyl groups is 2. The highest BCUT2D eigenvalue weighted by Crippen LogP contribution is 2.18. The summed E-state index contributed by atoms with van der Waals surface area (Å²) in [5, 5.41) is 23.2. The molecule has 0 spiro atoms. The highest BCUT2D eigenvalue weighted by atomic mass is 16.5. The van der Waals surface area contributed by atoms with E-state index in [1.807, 2.05) is 6.08 Å². The Bertz CT molecular complexity index is 1140. The summed E-state index contributed by atoms with van der Waals surface area (Å²) in [7, 11) is 0. The molecule has 73 heavy (non-hydrogen) atoms. The minimum atomic E-state index is -0.856. The van der Waals surface area contributed by atoms with Gasteiger partial charge in [-0.25, -0.2) is 0 Å². The van der Waals surface area contributed by atoms with Crippen molar-refractivity contribution in [3.63, 3.8) is 0 Å². The van der Waals surface area contributed by atoms with Gasteiger partial charge in [-0.2, -0.15) is 0 Å². The zero-order chi connectivity index (χ0) is 52.9. The monoisotopic (exact) mass is 1030 g/mol. The number of hydrogen-bond donors (Lipinski definition) is 3. The molecule has 0 aliphatic carbocycles. The second kappa shape index (κ2) is 62.9. The van der Waals surface area contributed by atoms with Crippen LogP contribution in [0.1, 0.15) is 367 Å². The standard InChI is InChI=1S/C67H129NO5/c1-3-5-7-9-11-13-15-17-19-21-23-24-25-26-27-28-30-31-33-35-39-43-47-51-55-59-65(70)64(63-69)68-66(71)60-56-52-48-44-40-37-38-42-46-50-54-58-62-73-67(72)61-57-53-49-45-41-36-34-32-29-22-20-18-16-14-12-10-8-6-4-2/h18,20,55,59,64-65,69-70H,3-17,19,21-54,56-58,60-63H2,1-2H3,(H,68,71)/b20-18-,59-55+. The molecule has 0 aromatic heterocycles. The molecule has 0 aliphatic rings. The SMILES string of the molecule is CCCCCCCC/C=C\CCCCCCCCCCCC(=O)OCCCCCCCCCCCCCCC(=O)NC(CO)C(O)/C=C/CCCCCCCCCCCCCCCCCCCCCCCCC. The summed E-state index contributed by atoms with van der Waals surface area (Å²) < 4.78 is 5.49. The normalized spacial score (nSPS) is 12.7. The molecule has 2 unspecified atom stereocenters. The number of carbonyl (C=O) groups excluding carboxylic acids is 2. The van der Waals surface area contributed by atoms with Gasteiger partial charge in [-0.05, 0) is 57.8 Å². The number of carbonyl (C=O) groups is 2. The molecule has 0 radical (unpaired) electrons. The van der Waals surface area contributed by atoms with Crippen LogP contribution in [0.5, 0.6) is 0 Å². The zero-order valence-electron chi connectivity index (χ0n) is 49.4. The Hall–Kier alpha value is -1.66. The van der Waals surface area contributed by atoms with E-state index in [9.17, 15) is 19.8 Å². The predicted octanol–water partition coefficient (Wildman–Crippen LogP) is 21.0. The lowest BCUT2D eigenvalue weighted by Crippen LogP contribution is -2.45. The van der Waals surface area contributed by atoms with Gasteiger partial charge in [-0.3, -0.25) is 9.59 Å². The maximum Gasteiger partial charge on any atom is 0.305 e. The van der Waals surface area contributed by atoms with Crippen LogP contribution in [0.15, 0.2) is 24.3 Å². The van der Waals surface area contributed by atoms with Gasteiger partial charge in [0, 0.05) is 12.8 Å². The van der Waals surface area contributed by atoms with Crippen LogP contribution in [0.25, 0.3) is 0 Å². The van der Waals surface area contributed by atoms with Crippen molar-refractivity contribution < 1.29 is 24.5 Å². The van der Waals surface area contributed by atoms with Crippen LogP contribution in [0.2, 0.25) is 0 Å². The molecule has 6 heteroatoms. The quantitative estimate of drug-likeness (QED) is 0.0320. The first-order valence-electron chi connectivity index (χ1n) is 33.1. The predicted molar refractivity (Wildman–Crippen MR) is 320 cm³/mol. The van der Waals surface area contributed by atoms with E-state index in [1.54, 1.807) is 6.08 Å². The van der Waals surface area contributed by atoms with Crippen LogP contribution in [0.3, 0.4) is 0 Å². The van der Waals surface area contributed by atoms with Crippen molar-refractivity contribution in [3.05, 3.63) is 24.3 Å². The Labute approximate surface area is 456 Å². The molecule has 0 bridgehead atoms. The molecule has 0 aromatic carbocycles.